The highest BCUT2D eigenvalue weighted by atomic mass is 16.5. The molecule has 0 atom stereocenters. The van der Waals surface area contributed by atoms with Crippen molar-refractivity contribution < 1.29 is 14.9 Å². The van der Waals surface area contributed by atoms with Crippen molar-refractivity contribution in [2.45, 2.75) is 58.2 Å². The lowest BCUT2D eigenvalue weighted by molar-refractivity contribution is 0.0283. The van der Waals surface area contributed by atoms with Crippen LogP contribution in [0.3, 0.4) is 0 Å². The van der Waals surface area contributed by atoms with E-state index in [1.54, 1.807) is 44.6 Å². The molecule has 1 aromatic carbocycles. The molecule has 5 rings (SSSR count). The molecule has 1 saturated heterocycles. The largest absolute Gasteiger partial charge is 0.489 e. The van der Waals surface area contributed by atoms with E-state index in [1.165, 1.54) is 5.56 Å². The van der Waals surface area contributed by atoms with Gasteiger partial charge in [-0.2, -0.15) is 10.4 Å². The molecule has 216 valence electrons. The summed E-state index contributed by atoms with van der Waals surface area (Å²) in [6, 6.07) is 16.5. The van der Waals surface area contributed by atoms with Crippen LogP contribution in [-0.2, 0) is 6.42 Å². The van der Waals surface area contributed by atoms with Crippen LogP contribution in [0.4, 0.5) is 5.82 Å². The molecule has 0 radical (unpaired) electrons. The highest BCUT2D eigenvalue weighted by Crippen LogP contribution is 2.32. The lowest BCUT2D eigenvalue weighted by atomic mass is 9.90. The van der Waals surface area contributed by atoms with E-state index in [4.69, 9.17) is 9.72 Å². The van der Waals surface area contributed by atoms with Crippen LogP contribution in [-0.4, -0.2) is 55.7 Å². The fourth-order valence-electron chi connectivity index (χ4n) is 5.12. The fraction of sp³-hybridized carbons (Fsp3) is 0.382. The first-order chi connectivity index (χ1) is 20.0. The van der Waals surface area contributed by atoms with Crippen molar-refractivity contribution in [1.29, 1.82) is 5.26 Å². The van der Waals surface area contributed by atoms with Gasteiger partial charge in [-0.05, 0) is 88.8 Å². The predicted molar refractivity (Wildman–Crippen MR) is 163 cm³/mol. The number of benzene rings is 1. The number of hydrogen-bond acceptors (Lipinski definition) is 7. The summed E-state index contributed by atoms with van der Waals surface area (Å²) < 4.78 is 7.49. The molecule has 0 aliphatic carbocycles. The second-order valence-electron chi connectivity index (χ2n) is 12.2. The number of pyridine rings is 2. The second-order valence-corrected chi connectivity index (χ2v) is 12.2. The molecule has 8 nitrogen and oxygen atoms in total. The maximum absolute atomic E-state index is 10.1. The average molecular weight is 564 g/mol. The molecule has 0 bridgehead atoms. The van der Waals surface area contributed by atoms with Gasteiger partial charge in [0.25, 0.3) is 0 Å². The molecule has 0 unspecified atom stereocenters. The number of nitriles is 1. The van der Waals surface area contributed by atoms with Crippen LogP contribution >= 0.6 is 0 Å². The molecule has 4 heterocycles. The third-order valence-corrected chi connectivity index (χ3v) is 7.29. The first-order valence-electron chi connectivity index (χ1n) is 14.3. The third-order valence-electron chi connectivity index (χ3n) is 7.29. The zero-order chi connectivity index (χ0) is 29.9. The number of anilines is 1. The zero-order valence-corrected chi connectivity index (χ0v) is 24.6. The van der Waals surface area contributed by atoms with Gasteiger partial charge in [0, 0.05) is 36.0 Å². The summed E-state index contributed by atoms with van der Waals surface area (Å²) in [6.07, 6.45) is 8.32. The zero-order valence-electron chi connectivity index (χ0n) is 24.6. The van der Waals surface area contributed by atoms with Crippen LogP contribution in [0.2, 0.25) is 0 Å². The van der Waals surface area contributed by atoms with Crippen LogP contribution in [0.5, 0.6) is 5.75 Å². The lowest BCUT2D eigenvalue weighted by Gasteiger charge is -2.33. The minimum atomic E-state index is -0.992. The number of piperidine rings is 1. The average Bonchev–Trinajstić information content (AvgIpc) is 3.38. The number of rotatable bonds is 7. The maximum Gasteiger partial charge on any atom is 0.138 e. The molecule has 1 aliphatic heterocycles. The van der Waals surface area contributed by atoms with Crippen molar-refractivity contribution in [2.75, 3.05) is 24.6 Å². The van der Waals surface area contributed by atoms with Crippen molar-refractivity contribution in [2.24, 2.45) is 5.92 Å². The standard InChI is InChI=1S/C34H37N5O3/c1-33(2,40)14-11-24-5-7-25(8-6-24)17-26-12-15-38(16-13-26)31-10-9-27(20-36-31)30-18-29(42-23-34(3,4)41)22-39-32(30)28(19-35)21-37-39/h5-10,18,20-22,26,40-41H,12-13,15-17,23H2,1-4H3. The summed E-state index contributed by atoms with van der Waals surface area (Å²) in [5.41, 5.74) is 3.08. The molecule has 42 heavy (non-hydrogen) atoms. The first-order valence-corrected chi connectivity index (χ1v) is 14.3. The fourth-order valence-corrected chi connectivity index (χ4v) is 5.12. The summed E-state index contributed by atoms with van der Waals surface area (Å²) in [6.45, 7) is 8.76. The van der Waals surface area contributed by atoms with Gasteiger partial charge in [0.2, 0.25) is 0 Å². The quantitative estimate of drug-likeness (QED) is 0.305. The molecule has 1 fully saturated rings. The van der Waals surface area contributed by atoms with Gasteiger partial charge in [-0.1, -0.05) is 24.0 Å². The summed E-state index contributed by atoms with van der Waals surface area (Å²) >= 11 is 0. The van der Waals surface area contributed by atoms with Crippen molar-refractivity contribution in [3.05, 3.63) is 77.7 Å². The normalized spacial score (nSPS) is 14.4. The Morgan fingerprint density at radius 3 is 2.38 bits per heavy atom. The molecule has 2 N–H and O–H groups in total. The molecule has 1 aliphatic rings. The maximum atomic E-state index is 10.1. The van der Waals surface area contributed by atoms with E-state index >= 15 is 0 Å². The smallest absolute Gasteiger partial charge is 0.138 e. The highest BCUT2D eigenvalue weighted by molar-refractivity contribution is 5.85. The van der Waals surface area contributed by atoms with E-state index in [2.05, 4.69) is 40.0 Å². The molecule has 0 saturated carbocycles. The van der Waals surface area contributed by atoms with E-state index in [1.807, 2.05) is 36.5 Å². The van der Waals surface area contributed by atoms with E-state index in [9.17, 15) is 15.5 Å². The molecule has 4 aromatic rings. The van der Waals surface area contributed by atoms with Crippen molar-refractivity contribution in [1.82, 2.24) is 14.6 Å². The number of nitrogens with zero attached hydrogens (tertiary/aromatic N) is 5. The summed E-state index contributed by atoms with van der Waals surface area (Å²) in [5.74, 6) is 7.99. The molecule has 8 heteroatoms. The van der Waals surface area contributed by atoms with Crippen molar-refractivity contribution in [3.63, 3.8) is 0 Å². The van der Waals surface area contributed by atoms with Crippen LogP contribution in [0.15, 0.2) is 61.1 Å². The third kappa shape index (κ3) is 7.28. The van der Waals surface area contributed by atoms with Gasteiger partial charge in [0.15, 0.2) is 0 Å². The Bertz CT molecular complexity index is 1640. The van der Waals surface area contributed by atoms with Crippen LogP contribution in [0, 0.1) is 29.1 Å². The minimum Gasteiger partial charge on any atom is -0.489 e. The molecule has 3 aromatic heterocycles. The SMILES string of the molecule is CC(C)(O)C#Cc1ccc(CC2CCN(c3ccc(-c4cc(OCC(C)(C)O)cn5ncc(C#N)c45)cn3)CC2)cc1. The number of aromatic nitrogens is 3. The van der Waals surface area contributed by atoms with Gasteiger partial charge in [0.1, 0.15) is 29.8 Å². The highest BCUT2D eigenvalue weighted by Gasteiger charge is 2.21. The Labute approximate surface area is 247 Å². The summed E-state index contributed by atoms with van der Waals surface area (Å²) in [5, 5.41) is 33.9. The Kier molecular flexibility index (Phi) is 8.22. The van der Waals surface area contributed by atoms with Crippen molar-refractivity contribution in [3.8, 4) is 34.8 Å². The van der Waals surface area contributed by atoms with Gasteiger partial charge >= 0.3 is 0 Å². The Morgan fingerprint density at radius 2 is 1.76 bits per heavy atom. The molecule has 0 spiro atoms. The molecular weight excluding hydrogens is 526 g/mol. The number of aliphatic hydroxyl groups is 2. The predicted octanol–water partition coefficient (Wildman–Crippen LogP) is 5.00. The van der Waals surface area contributed by atoms with Crippen molar-refractivity contribution >= 4 is 11.3 Å². The number of ether oxygens (including phenoxy) is 1. The Morgan fingerprint density at radius 1 is 1.02 bits per heavy atom. The summed E-state index contributed by atoms with van der Waals surface area (Å²) in [7, 11) is 0. The van der Waals surface area contributed by atoms with E-state index in [-0.39, 0.29) is 6.61 Å². The van der Waals surface area contributed by atoms with Crippen LogP contribution < -0.4 is 9.64 Å². The van der Waals surface area contributed by atoms with Gasteiger partial charge in [-0.25, -0.2) is 9.50 Å². The Balaban J connectivity index is 1.25. The lowest BCUT2D eigenvalue weighted by Crippen LogP contribution is -2.34. The topological polar surface area (TPSA) is 107 Å². The second kappa shape index (κ2) is 11.9. The van der Waals surface area contributed by atoms with E-state index in [0.29, 0.717) is 22.7 Å². The van der Waals surface area contributed by atoms with Gasteiger partial charge in [-0.3, -0.25) is 0 Å². The Hall–Kier alpha value is -4.37. The van der Waals surface area contributed by atoms with Gasteiger partial charge < -0.3 is 19.8 Å². The van der Waals surface area contributed by atoms with Gasteiger partial charge in [-0.15, -0.1) is 0 Å². The number of fused-ring (bicyclic) bond motifs is 1. The van der Waals surface area contributed by atoms with Crippen LogP contribution in [0.1, 0.15) is 57.2 Å². The van der Waals surface area contributed by atoms with Gasteiger partial charge in [0.05, 0.1) is 29.1 Å². The van der Waals surface area contributed by atoms with E-state index in [0.717, 1.165) is 54.9 Å². The van der Waals surface area contributed by atoms with Crippen LogP contribution in [0.25, 0.3) is 16.6 Å². The number of hydrogen-bond donors (Lipinski definition) is 2. The first kappa shape index (κ1) is 29.1. The summed E-state index contributed by atoms with van der Waals surface area (Å²) in [4.78, 5) is 7.12. The van der Waals surface area contributed by atoms with E-state index < -0.39 is 11.2 Å². The monoisotopic (exact) mass is 563 g/mol. The molecular formula is C34H37N5O3. The minimum absolute atomic E-state index is 0.126. The molecule has 0 amide bonds.